The van der Waals surface area contributed by atoms with Gasteiger partial charge in [0.1, 0.15) is 0 Å². The Labute approximate surface area is 147 Å². The first kappa shape index (κ1) is 23.0. The van der Waals surface area contributed by atoms with Gasteiger partial charge >= 0.3 is 8.80 Å². The summed E-state index contributed by atoms with van der Waals surface area (Å²) in [6.07, 6.45) is 0. The van der Waals surface area contributed by atoms with Crippen molar-refractivity contribution >= 4 is 25.0 Å². The van der Waals surface area contributed by atoms with Crippen LogP contribution in [0.4, 0.5) is 0 Å². The average molecular weight is 375 g/mol. The van der Waals surface area contributed by atoms with Gasteiger partial charge in [0.25, 0.3) is 0 Å². The van der Waals surface area contributed by atoms with Gasteiger partial charge in [-0.2, -0.15) is 0 Å². The van der Waals surface area contributed by atoms with Gasteiger partial charge in [0.05, 0.1) is 16.1 Å². The Hall–Kier alpha value is 0.0106. The van der Waals surface area contributed by atoms with E-state index in [1.54, 1.807) is 0 Å². The lowest BCUT2D eigenvalue weighted by Crippen LogP contribution is -2.45. The summed E-state index contributed by atoms with van der Waals surface area (Å²) >= 11 is 0. The molecule has 0 bridgehead atoms. The maximum atomic E-state index is 5.95. The summed E-state index contributed by atoms with van der Waals surface area (Å²) in [7, 11) is -5.45. The molecule has 0 amide bonds. The van der Waals surface area contributed by atoms with Crippen LogP contribution in [0.3, 0.4) is 0 Å². The van der Waals surface area contributed by atoms with Crippen molar-refractivity contribution in [1.82, 2.24) is 0 Å². The third-order valence-electron chi connectivity index (χ3n) is 3.89. The first-order valence-electron chi connectivity index (χ1n) is 9.04. The molecule has 0 radical (unpaired) electrons. The fraction of sp³-hybridized carbons (Fsp3) is 0.765. The molecule has 136 valence electrons. The minimum Gasteiger partial charge on any atom is -0.371 e. The number of hydrogen-bond acceptors (Lipinski definition) is 3. The molecule has 23 heavy (non-hydrogen) atoms. The van der Waals surface area contributed by atoms with Crippen LogP contribution < -0.4 is 0 Å². The van der Waals surface area contributed by atoms with Crippen LogP contribution in [-0.4, -0.2) is 44.8 Å². The fourth-order valence-corrected chi connectivity index (χ4v) is 11.1. The van der Waals surface area contributed by atoms with E-state index in [-0.39, 0.29) is 0 Å². The maximum absolute atomic E-state index is 5.95. The Morgan fingerprint density at radius 2 is 1.00 bits per heavy atom. The van der Waals surface area contributed by atoms with Crippen molar-refractivity contribution in [2.45, 2.75) is 66.3 Å². The van der Waals surface area contributed by atoms with Gasteiger partial charge in [-0.1, -0.05) is 57.0 Å². The monoisotopic (exact) mass is 374 g/mol. The molecule has 0 aliphatic carbocycles. The van der Waals surface area contributed by atoms with E-state index in [1.165, 1.54) is 12.1 Å². The van der Waals surface area contributed by atoms with Crippen molar-refractivity contribution in [3.05, 3.63) is 22.8 Å². The van der Waals surface area contributed by atoms with E-state index in [0.29, 0.717) is 19.8 Å². The molecule has 3 nitrogen and oxygen atoms in total. The topological polar surface area (TPSA) is 27.7 Å². The highest BCUT2D eigenvalue weighted by molar-refractivity contribution is 6.92. The van der Waals surface area contributed by atoms with Crippen molar-refractivity contribution < 1.29 is 13.3 Å². The third kappa shape index (κ3) is 8.60. The van der Waals surface area contributed by atoms with Crippen molar-refractivity contribution in [1.29, 1.82) is 0 Å². The predicted octanol–water partition coefficient (Wildman–Crippen LogP) is 5.13. The minimum atomic E-state index is -2.68. The SMILES string of the molecule is CCO[Si](C=C[Si](C=C[Si](C)(C)C)(CC)CC)(OCC)OCC. The number of rotatable bonds is 12. The van der Waals surface area contributed by atoms with Crippen LogP contribution in [0.1, 0.15) is 34.6 Å². The van der Waals surface area contributed by atoms with Gasteiger partial charge in [0.2, 0.25) is 0 Å². The standard InChI is InChI=1S/C17H38O3Si3/c1-9-18-23(19-10-2,20-11-3)17-16-22(12-4,13-5)15-14-21(6,7)8/h14-17H,9-13H2,1-8H3. The van der Waals surface area contributed by atoms with Crippen molar-refractivity contribution in [3.63, 3.8) is 0 Å². The molecule has 0 N–H and O–H groups in total. The van der Waals surface area contributed by atoms with Crippen LogP contribution in [0.5, 0.6) is 0 Å². The Morgan fingerprint density at radius 3 is 1.30 bits per heavy atom. The van der Waals surface area contributed by atoms with Gasteiger partial charge in [-0.3, -0.25) is 0 Å². The summed E-state index contributed by atoms with van der Waals surface area (Å²) in [5, 5.41) is 0. The average Bonchev–Trinajstić information content (AvgIpc) is 2.48. The van der Waals surface area contributed by atoms with Gasteiger partial charge in [-0.25, -0.2) is 0 Å². The lowest BCUT2D eigenvalue weighted by atomic mass is 10.9. The van der Waals surface area contributed by atoms with Crippen LogP contribution in [0.15, 0.2) is 22.8 Å². The Bertz CT molecular complexity index is 355. The van der Waals surface area contributed by atoms with Crippen molar-refractivity contribution in [2.75, 3.05) is 19.8 Å². The quantitative estimate of drug-likeness (QED) is 0.443. The van der Waals surface area contributed by atoms with E-state index in [2.05, 4.69) is 56.3 Å². The molecule has 0 rings (SSSR count). The molecular formula is C17H38O3Si3. The molecule has 0 heterocycles. The molecule has 0 spiro atoms. The van der Waals surface area contributed by atoms with Gasteiger partial charge in [0.15, 0.2) is 0 Å². The smallest absolute Gasteiger partial charge is 0.371 e. The Morgan fingerprint density at radius 1 is 0.609 bits per heavy atom. The molecule has 6 heteroatoms. The molecule has 0 atom stereocenters. The largest absolute Gasteiger partial charge is 0.528 e. The molecule has 0 aliphatic rings. The molecule has 0 fully saturated rings. The minimum absolute atomic E-state index is 0.619. The fourth-order valence-electron chi connectivity index (χ4n) is 2.33. The van der Waals surface area contributed by atoms with Gasteiger partial charge < -0.3 is 13.3 Å². The molecular weight excluding hydrogens is 336 g/mol. The second-order valence-corrected chi connectivity index (χ2v) is 18.9. The predicted molar refractivity (Wildman–Crippen MR) is 109 cm³/mol. The van der Waals surface area contributed by atoms with Gasteiger partial charge in [-0.05, 0) is 26.5 Å². The first-order valence-corrected chi connectivity index (χ1v) is 17.0. The van der Waals surface area contributed by atoms with E-state index in [0.717, 1.165) is 0 Å². The Kier molecular flexibility index (Phi) is 10.8. The Balaban J connectivity index is 5.56. The van der Waals surface area contributed by atoms with E-state index in [1.807, 2.05) is 20.8 Å². The second kappa shape index (κ2) is 10.8. The lowest BCUT2D eigenvalue weighted by Gasteiger charge is -2.28. The third-order valence-corrected chi connectivity index (χ3v) is 12.7. The molecule has 0 aliphatic heterocycles. The van der Waals surface area contributed by atoms with Crippen LogP contribution >= 0.6 is 0 Å². The maximum Gasteiger partial charge on any atom is 0.528 e. The molecule has 0 aromatic carbocycles. The van der Waals surface area contributed by atoms with Crippen molar-refractivity contribution in [2.24, 2.45) is 0 Å². The van der Waals surface area contributed by atoms with E-state index >= 15 is 0 Å². The van der Waals surface area contributed by atoms with Crippen LogP contribution in [0.25, 0.3) is 0 Å². The number of hydrogen-bond donors (Lipinski definition) is 0. The first-order chi connectivity index (χ1) is 10.7. The van der Waals surface area contributed by atoms with Crippen LogP contribution in [0, 0.1) is 0 Å². The summed E-state index contributed by atoms with van der Waals surface area (Å²) < 4.78 is 17.9. The van der Waals surface area contributed by atoms with Crippen LogP contribution in [0.2, 0.25) is 31.7 Å². The normalized spacial score (nSPS) is 14.3. The van der Waals surface area contributed by atoms with Gasteiger partial charge in [-0.15, -0.1) is 5.70 Å². The highest BCUT2D eigenvalue weighted by atomic mass is 28.4. The summed E-state index contributed by atoms with van der Waals surface area (Å²) in [6, 6.07) is 2.41. The summed E-state index contributed by atoms with van der Waals surface area (Å²) in [6.45, 7) is 19.6. The second-order valence-electron chi connectivity index (χ2n) is 6.88. The zero-order valence-electron chi connectivity index (χ0n) is 16.6. The lowest BCUT2D eigenvalue weighted by molar-refractivity contribution is 0.0843. The van der Waals surface area contributed by atoms with Gasteiger partial charge in [0, 0.05) is 19.8 Å². The van der Waals surface area contributed by atoms with E-state index in [4.69, 9.17) is 13.3 Å². The molecule has 0 aromatic rings. The highest BCUT2D eigenvalue weighted by Crippen LogP contribution is 2.23. The molecule has 0 unspecified atom stereocenters. The van der Waals surface area contributed by atoms with Crippen LogP contribution in [-0.2, 0) is 13.3 Å². The summed E-state index contributed by atoms with van der Waals surface area (Å²) in [4.78, 5) is 0. The molecule has 0 saturated carbocycles. The molecule has 0 saturated heterocycles. The summed E-state index contributed by atoms with van der Waals surface area (Å²) in [5.41, 5.74) is 9.62. The van der Waals surface area contributed by atoms with Crippen molar-refractivity contribution in [3.8, 4) is 0 Å². The molecule has 0 aromatic heterocycles. The zero-order valence-corrected chi connectivity index (χ0v) is 19.6. The van der Waals surface area contributed by atoms with E-state index < -0.39 is 25.0 Å². The highest BCUT2D eigenvalue weighted by Gasteiger charge is 2.39. The zero-order chi connectivity index (χ0) is 18.0. The summed E-state index contributed by atoms with van der Waals surface area (Å²) in [5.74, 6) is 0. The van der Waals surface area contributed by atoms with E-state index in [9.17, 15) is 0 Å².